The van der Waals surface area contributed by atoms with E-state index in [-0.39, 0.29) is 25.0 Å². The number of ether oxygens (including phenoxy) is 1. The third kappa shape index (κ3) is 3.34. The molecule has 5 nitrogen and oxygen atoms in total. The van der Waals surface area contributed by atoms with E-state index in [0.717, 1.165) is 23.4 Å². The number of hydrogen-bond donors (Lipinski definition) is 1. The molecule has 2 aromatic carbocycles. The van der Waals surface area contributed by atoms with Gasteiger partial charge in [0.25, 0.3) is 0 Å². The highest BCUT2D eigenvalue weighted by atomic mass is 16.5. The highest BCUT2D eigenvalue weighted by molar-refractivity contribution is 5.96. The summed E-state index contributed by atoms with van der Waals surface area (Å²) in [5.74, 6) is -0.0219. The summed E-state index contributed by atoms with van der Waals surface area (Å²) in [6.45, 7) is 2.21. The van der Waals surface area contributed by atoms with E-state index in [1.165, 1.54) is 0 Å². The molecule has 1 N–H and O–H groups in total. The highest BCUT2D eigenvalue weighted by Crippen LogP contribution is 2.31. The molecule has 0 radical (unpaired) electrons. The van der Waals surface area contributed by atoms with Crippen LogP contribution in [0.2, 0.25) is 0 Å². The van der Waals surface area contributed by atoms with Crippen LogP contribution >= 0.6 is 0 Å². The third-order valence-corrected chi connectivity index (χ3v) is 3.76. The summed E-state index contributed by atoms with van der Waals surface area (Å²) in [6, 6.07) is 14.9. The van der Waals surface area contributed by atoms with E-state index in [1.807, 2.05) is 43.3 Å². The molecular weight excluding hydrogens is 292 g/mol. The Hall–Kier alpha value is -2.82. The maximum absolute atomic E-state index is 12.4. The van der Waals surface area contributed by atoms with Crippen molar-refractivity contribution in [3.63, 3.8) is 0 Å². The molecule has 0 fully saturated rings. The SMILES string of the molecule is CCc1ccccc1NC(=O)CN1CC(=O)Oc2ccccc21. The Morgan fingerprint density at radius 1 is 1.17 bits per heavy atom. The average molecular weight is 310 g/mol. The van der Waals surface area contributed by atoms with Crippen molar-refractivity contribution < 1.29 is 14.3 Å². The number of hydrogen-bond acceptors (Lipinski definition) is 4. The van der Waals surface area contributed by atoms with Gasteiger partial charge in [0.2, 0.25) is 5.91 Å². The Bertz CT molecular complexity index is 743. The fourth-order valence-electron chi connectivity index (χ4n) is 2.66. The summed E-state index contributed by atoms with van der Waals surface area (Å²) in [6.07, 6.45) is 0.843. The largest absolute Gasteiger partial charge is 0.423 e. The Balaban J connectivity index is 1.74. The van der Waals surface area contributed by atoms with Crippen molar-refractivity contribution in [2.75, 3.05) is 23.3 Å². The topological polar surface area (TPSA) is 58.6 Å². The lowest BCUT2D eigenvalue weighted by Crippen LogP contribution is -2.41. The monoisotopic (exact) mass is 310 g/mol. The Labute approximate surface area is 134 Å². The van der Waals surface area contributed by atoms with Crippen molar-refractivity contribution in [2.45, 2.75) is 13.3 Å². The molecule has 0 aliphatic carbocycles. The van der Waals surface area contributed by atoms with E-state index in [9.17, 15) is 9.59 Å². The fraction of sp³-hybridized carbons (Fsp3) is 0.222. The standard InChI is InChI=1S/C18H18N2O3/c1-2-13-7-3-4-8-14(13)19-17(21)11-20-12-18(22)23-16-10-6-5-9-15(16)20/h3-10H,2,11-12H2,1H3,(H,19,21). The van der Waals surface area contributed by atoms with Crippen molar-refractivity contribution in [3.8, 4) is 5.75 Å². The first-order valence-corrected chi connectivity index (χ1v) is 7.60. The van der Waals surface area contributed by atoms with Crippen LogP contribution < -0.4 is 15.0 Å². The number of carbonyl (C=O) groups excluding carboxylic acids is 2. The first kappa shape index (κ1) is 15.1. The predicted octanol–water partition coefficient (Wildman–Crippen LogP) is 2.61. The zero-order valence-electron chi connectivity index (χ0n) is 12.9. The number of anilines is 2. The van der Waals surface area contributed by atoms with Crippen LogP contribution in [-0.4, -0.2) is 25.0 Å². The molecule has 0 saturated carbocycles. The number of nitrogens with one attached hydrogen (secondary N) is 1. The minimum Gasteiger partial charge on any atom is -0.423 e. The van der Waals surface area contributed by atoms with Crippen molar-refractivity contribution >= 4 is 23.3 Å². The molecule has 2 aromatic rings. The number of benzene rings is 2. The molecule has 1 heterocycles. The zero-order chi connectivity index (χ0) is 16.2. The summed E-state index contributed by atoms with van der Waals surface area (Å²) >= 11 is 0. The molecule has 118 valence electrons. The van der Waals surface area contributed by atoms with Crippen LogP contribution in [0.25, 0.3) is 0 Å². The van der Waals surface area contributed by atoms with Gasteiger partial charge in [0.1, 0.15) is 6.54 Å². The van der Waals surface area contributed by atoms with Crippen molar-refractivity contribution in [1.82, 2.24) is 0 Å². The maximum atomic E-state index is 12.4. The summed E-state index contributed by atoms with van der Waals surface area (Å²) < 4.78 is 5.19. The fourth-order valence-corrected chi connectivity index (χ4v) is 2.66. The number of carbonyl (C=O) groups is 2. The molecule has 0 bridgehead atoms. The third-order valence-electron chi connectivity index (χ3n) is 3.76. The minimum atomic E-state index is -0.356. The van der Waals surface area contributed by atoms with Gasteiger partial charge in [-0.05, 0) is 30.2 Å². The minimum absolute atomic E-state index is 0.0693. The van der Waals surface area contributed by atoms with Gasteiger partial charge in [0, 0.05) is 5.69 Å². The number of esters is 1. The molecule has 0 atom stereocenters. The number of fused-ring (bicyclic) bond motifs is 1. The van der Waals surface area contributed by atoms with Crippen LogP contribution in [0.5, 0.6) is 5.75 Å². The smallest absolute Gasteiger partial charge is 0.331 e. The molecule has 3 rings (SSSR count). The second-order valence-electron chi connectivity index (χ2n) is 5.36. The first-order chi connectivity index (χ1) is 11.2. The highest BCUT2D eigenvalue weighted by Gasteiger charge is 2.25. The number of amides is 1. The molecule has 0 unspecified atom stereocenters. The van der Waals surface area contributed by atoms with Crippen LogP contribution in [0.15, 0.2) is 48.5 Å². The molecule has 1 aliphatic heterocycles. The van der Waals surface area contributed by atoms with E-state index in [2.05, 4.69) is 5.32 Å². The molecule has 5 heteroatoms. The Morgan fingerprint density at radius 3 is 2.74 bits per heavy atom. The number of para-hydroxylation sites is 3. The van der Waals surface area contributed by atoms with E-state index >= 15 is 0 Å². The van der Waals surface area contributed by atoms with Crippen LogP contribution in [0, 0.1) is 0 Å². The number of nitrogens with zero attached hydrogens (tertiary/aromatic N) is 1. The summed E-state index contributed by atoms with van der Waals surface area (Å²) in [5, 5.41) is 2.92. The van der Waals surface area contributed by atoms with E-state index in [4.69, 9.17) is 4.74 Å². The normalized spacial score (nSPS) is 13.3. The van der Waals surface area contributed by atoms with Gasteiger partial charge in [-0.1, -0.05) is 37.3 Å². The molecule has 0 spiro atoms. The molecule has 0 aromatic heterocycles. The van der Waals surface area contributed by atoms with Crippen LogP contribution in [0.4, 0.5) is 11.4 Å². The quantitative estimate of drug-likeness (QED) is 0.696. The summed E-state index contributed by atoms with van der Waals surface area (Å²) in [7, 11) is 0. The van der Waals surface area contributed by atoms with Gasteiger partial charge in [0.05, 0.1) is 12.2 Å². The van der Waals surface area contributed by atoms with Crippen LogP contribution in [0.1, 0.15) is 12.5 Å². The second-order valence-corrected chi connectivity index (χ2v) is 5.36. The number of rotatable bonds is 4. The summed E-state index contributed by atoms with van der Waals surface area (Å²) in [4.78, 5) is 25.8. The van der Waals surface area contributed by atoms with Gasteiger partial charge in [-0.2, -0.15) is 0 Å². The second kappa shape index (κ2) is 6.52. The van der Waals surface area contributed by atoms with Crippen LogP contribution in [0.3, 0.4) is 0 Å². The van der Waals surface area contributed by atoms with Gasteiger partial charge in [0.15, 0.2) is 5.75 Å². The first-order valence-electron chi connectivity index (χ1n) is 7.60. The van der Waals surface area contributed by atoms with E-state index < -0.39 is 0 Å². The molecule has 1 amide bonds. The number of aryl methyl sites for hydroxylation is 1. The average Bonchev–Trinajstić information content (AvgIpc) is 2.55. The molecule has 23 heavy (non-hydrogen) atoms. The van der Waals surface area contributed by atoms with Gasteiger partial charge in [-0.3, -0.25) is 4.79 Å². The van der Waals surface area contributed by atoms with Gasteiger partial charge in [-0.25, -0.2) is 4.79 Å². The van der Waals surface area contributed by atoms with Gasteiger partial charge < -0.3 is 15.0 Å². The van der Waals surface area contributed by atoms with Crippen molar-refractivity contribution in [1.29, 1.82) is 0 Å². The Morgan fingerprint density at radius 2 is 1.91 bits per heavy atom. The predicted molar refractivity (Wildman–Crippen MR) is 88.7 cm³/mol. The molecule has 1 aliphatic rings. The molecule has 0 saturated heterocycles. The summed E-state index contributed by atoms with van der Waals surface area (Å²) in [5.41, 5.74) is 2.65. The lowest BCUT2D eigenvalue weighted by atomic mass is 10.1. The Kier molecular flexibility index (Phi) is 4.28. The zero-order valence-corrected chi connectivity index (χ0v) is 12.9. The van der Waals surface area contributed by atoms with Crippen molar-refractivity contribution in [2.24, 2.45) is 0 Å². The maximum Gasteiger partial charge on any atom is 0.331 e. The lowest BCUT2D eigenvalue weighted by molar-refractivity contribution is -0.133. The van der Waals surface area contributed by atoms with Gasteiger partial charge in [-0.15, -0.1) is 0 Å². The van der Waals surface area contributed by atoms with E-state index in [1.54, 1.807) is 17.0 Å². The molecular formula is C18H18N2O3. The van der Waals surface area contributed by atoms with Crippen molar-refractivity contribution in [3.05, 3.63) is 54.1 Å². The van der Waals surface area contributed by atoms with E-state index in [0.29, 0.717) is 5.75 Å². The lowest BCUT2D eigenvalue weighted by Gasteiger charge is -2.29. The van der Waals surface area contributed by atoms with Gasteiger partial charge >= 0.3 is 5.97 Å². The van der Waals surface area contributed by atoms with Crippen LogP contribution in [-0.2, 0) is 16.0 Å².